The maximum atomic E-state index is 13.0. The van der Waals surface area contributed by atoms with Gasteiger partial charge in [-0.05, 0) is 54.2 Å². The van der Waals surface area contributed by atoms with Crippen molar-refractivity contribution in [2.24, 2.45) is 5.92 Å². The van der Waals surface area contributed by atoms with Crippen LogP contribution in [-0.4, -0.2) is 46.1 Å². The first-order valence-electron chi connectivity index (χ1n) is 10.8. The van der Waals surface area contributed by atoms with Crippen LogP contribution in [0.4, 0.5) is 5.69 Å². The van der Waals surface area contributed by atoms with Gasteiger partial charge in [0.05, 0.1) is 36.9 Å². The fourth-order valence-corrected chi connectivity index (χ4v) is 6.56. The predicted molar refractivity (Wildman–Crippen MR) is 120 cm³/mol. The van der Waals surface area contributed by atoms with E-state index in [-0.39, 0.29) is 6.04 Å². The summed E-state index contributed by atoms with van der Waals surface area (Å²) in [7, 11) is -1.79. The number of methoxy groups -OCH3 is 1. The van der Waals surface area contributed by atoms with E-state index in [1.165, 1.54) is 15.4 Å². The first-order valence-corrected chi connectivity index (χ1v) is 12.2. The van der Waals surface area contributed by atoms with Crippen LogP contribution in [-0.2, 0) is 14.8 Å². The van der Waals surface area contributed by atoms with Crippen molar-refractivity contribution in [3.05, 3.63) is 65.2 Å². The monoisotopic (exact) mass is 440 g/mol. The van der Waals surface area contributed by atoms with Crippen LogP contribution >= 0.6 is 0 Å². The second-order valence-electron chi connectivity index (χ2n) is 8.43. The van der Waals surface area contributed by atoms with Crippen LogP contribution in [0.1, 0.15) is 35.1 Å². The molecule has 2 aromatic carbocycles. The number of aryl methyl sites for hydroxylation is 1. The molecule has 0 spiro atoms. The number of morpholine rings is 1. The summed E-state index contributed by atoms with van der Waals surface area (Å²) in [6.45, 7) is 3.84. The van der Waals surface area contributed by atoms with Crippen LogP contribution < -0.4 is 10.1 Å². The van der Waals surface area contributed by atoms with Gasteiger partial charge < -0.3 is 14.8 Å². The highest BCUT2D eigenvalue weighted by Gasteiger charge is 2.40. The molecule has 1 fully saturated rings. The highest BCUT2D eigenvalue weighted by Crippen LogP contribution is 2.53. The third-order valence-corrected chi connectivity index (χ3v) is 8.68. The van der Waals surface area contributed by atoms with Gasteiger partial charge in [0.2, 0.25) is 10.0 Å². The smallest absolute Gasteiger partial charge is 0.243 e. The molecule has 0 amide bonds. The predicted octanol–water partition coefficient (Wildman–Crippen LogP) is 3.85. The largest absolute Gasteiger partial charge is 0.495 e. The van der Waals surface area contributed by atoms with Gasteiger partial charge in [-0.2, -0.15) is 4.31 Å². The first-order chi connectivity index (χ1) is 15.0. The minimum absolute atomic E-state index is 0.0864. The number of hydrogen-bond acceptors (Lipinski definition) is 5. The topological polar surface area (TPSA) is 67.9 Å². The number of anilines is 1. The minimum Gasteiger partial charge on any atom is -0.495 e. The number of rotatable bonds is 4. The number of allylic oxidation sites excluding steroid dienone is 2. The summed E-state index contributed by atoms with van der Waals surface area (Å²) in [6.07, 6.45) is 5.56. The van der Waals surface area contributed by atoms with Crippen LogP contribution in [0.15, 0.2) is 53.4 Å². The average Bonchev–Trinajstić information content (AvgIpc) is 3.29. The van der Waals surface area contributed by atoms with Gasteiger partial charge in [0.1, 0.15) is 5.75 Å². The number of nitrogens with zero attached hydrogens (tertiary/aromatic N) is 1. The van der Waals surface area contributed by atoms with E-state index in [2.05, 4.69) is 30.5 Å². The molecular weight excluding hydrogens is 412 g/mol. The minimum atomic E-state index is -3.49. The number of benzene rings is 2. The van der Waals surface area contributed by atoms with Crippen LogP contribution in [0.25, 0.3) is 0 Å². The third-order valence-electron chi connectivity index (χ3n) is 6.77. The van der Waals surface area contributed by atoms with Gasteiger partial charge in [0, 0.05) is 19.0 Å². The fraction of sp³-hybridized carbons (Fsp3) is 0.417. The zero-order valence-corrected chi connectivity index (χ0v) is 18.7. The molecule has 0 saturated carbocycles. The fourth-order valence-electron chi connectivity index (χ4n) is 5.15. The van der Waals surface area contributed by atoms with Crippen molar-refractivity contribution in [2.75, 3.05) is 38.7 Å². The van der Waals surface area contributed by atoms with E-state index >= 15 is 0 Å². The van der Waals surface area contributed by atoms with E-state index in [1.807, 2.05) is 18.2 Å². The Bertz CT molecular complexity index is 1110. The molecule has 1 aliphatic carbocycles. The van der Waals surface area contributed by atoms with Crippen LogP contribution in [0.5, 0.6) is 5.75 Å². The Kier molecular flexibility index (Phi) is 5.28. The molecule has 2 aromatic rings. The molecule has 3 atom stereocenters. The third kappa shape index (κ3) is 3.45. The standard InChI is InChI=1S/C24H28N2O4S/c1-16-6-11-21(29-2)24-22(16)19-4-3-5-20(19)23(25-24)17-7-9-18(10-8-17)31(27,28)26-12-14-30-15-13-26/h3-4,6-11,19-20,23,25H,5,12-15H2,1-2H3. The molecular formula is C24H28N2O4S. The molecule has 2 heterocycles. The Labute approximate surface area is 183 Å². The normalized spacial score (nSPS) is 25.5. The van der Waals surface area contributed by atoms with Crippen LogP contribution in [0.3, 0.4) is 0 Å². The van der Waals surface area contributed by atoms with Crippen LogP contribution in [0, 0.1) is 12.8 Å². The highest BCUT2D eigenvalue weighted by molar-refractivity contribution is 7.89. The van der Waals surface area contributed by atoms with Gasteiger partial charge in [-0.25, -0.2) is 8.42 Å². The van der Waals surface area contributed by atoms with Gasteiger partial charge in [-0.15, -0.1) is 0 Å². The van der Waals surface area contributed by atoms with Gasteiger partial charge in [0.25, 0.3) is 0 Å². The summed E-state index contributed by atoms with van der Waals surface area (Å²) < 4.78 is 38.4. The van der Waals surface area contributed by atoms with Gasteiger partial charge in [0.15, 0.2) is 0 Å². The zero-order valence-electron chi connectivity index (χ0n) is 17.9. The number of sulfonamides is 1. The van der Waals surface area contributed by atoms with Gasteiger partial charge in [-0.3, -0.25) is 0 Å². The second-order valence-corrected chi connectivity index (χ2v) is 10.4. The molecule has 31 heavy (non-hydrogen) atoms. The lowest BCUT2D eigenvalue weighted by atomic mass is 9.75. The van der Waals surface area contributed by atoms with Crippen molar-refractivity contribution >= 4 is 15.7 Å². The summed E-state index contributed by atoms with van der Waals surface area (Å²) in [5.74, 6) is 1.56. The van der Waals surface area contributed by atoms with Gasteiger partial charge in [-0.1, -0.05) is 30.4 Å². The first kappa shape index (κ1) is 20.5. The number of nitrogens with one attached hydrogen (secondary N) is 1. The zero-order chi connectivity index (χ0) is 21.6. The molecule has 0 radical (unpaired) electrons. The number of fused-ring (bicyclic) bond motifs is 3. The molecule has 0 bridgehead atoms. The molecule has 2 aliphatic heterocycles. The Morgan fingerprint density at radius 2 is 1.84 bits per heavy atom. The lowest BCUT2D eigenvalue weighted by molar-refractivity contribution is 0.0730. The maximum absolute atomic E-state index is 13.0. The molecule has 3 unspecified atom stereocenters. The van der Waals surface area contributed by atoms with Crippen molar-refractivity contribution in [2.45, 2.75) is 30.2 Å². The van der Waals surface area contributed by atoms with E-state index in [0.717, 1.165) is 23.4 Å². The van der Waals surface area contributed by atoms with Crippen molar-refractivity contribution < 1.29 is 17.9 Å². The van der Waals surface area contributed by atoms with Crippen LogP contribution in [0.2, 0.25) is 0 Å². The molecule has 0 aromatic heterocycles. The molecule has 3 aliphatic rings. The molecule has 1 N–H and O–H groups in total. The second kappa shape index (κ2) is 7.97. The maximum Gasteiger partial charge on any atom is 0.243 e. The Morgan fingerprint density at radius 3 is 2.55 bits per heavy atom. The highest BCUT2D eigenvalue weighted by atomic mass is 32.2. The lowest BCUT2D eigenvalue weighted by Gasteiger charge is -2.39. The van der Waals surface area contributed by atoms with E-state index in [0.29, 0.717) is 43.0 Å². The van der Waals surface area contributed by atoms with E-state index in [1.54, 1.807) is 19.2 Å². The van der Waals surface area contributed by atoms with Crippen molar-refractivity contribution in [3.8, 4) is 5.75 Å². The summed E-state index contributed by atoms with van der Waals surface area (Å²) >= 11 is 0. The van der Waals surface area contributed by atoms with Gasteiger partial charge >= 0.3 is 0 Å². The quantitative estimate of drug-likeness (QED) is 0.732. The number of ether oxygens (including phenoxy) is 2. The summed E-state index contributed by atoms with van der Waals surface area (Å²) in [5.41, 5.74) is 4.70. The molecule has 5 rings (SSSR count). The Morgan fingerprint density at radius 1 is 1.10 bits per heavy atom. The Balaban J connectivity index is 1.48. The summed E-state index contributed by atoms with van der Waals surface area (Å²) in [4.78, 5) is 0.337. The lowest BCUT2D eigenvalue weighted by Crippen LogP contribution is -2.40. The summed E-state index contributed by atoms with van der Waals surface area (Å²) in [6, 6.07) is 11.6. The average molecular weight is 441 g/mol. The SMILES string of the molecule is COc1ccc(C)c2c1NC(c1ccc(S(=O)(=O)N3CCOCC3)cc1)C1CC=CC21. The molecule has 6 nitrogen and oxygen atoms in total. The number of hydrogen-bond donors (Lipinski definition) is 1. The van der Waals surface area contributed by atoms with E-state index < -0.39 is 10.0 Å². The molecule has 1 saturated heterocycles. The van der Waals surface area contributed by atoms with E-state index in [9.17, 15) is 8.42 Å². The van der Waals surface area contributed by atoms with Crippen molar-refractivity contribution in [3.63, 3.8) is 0 Å². The van der Waals surface area contributed by atoms with E-state index in [4.69, 9.17) is 9.47 Å². The molecule has 7 heteroatoms. The summed E-state index contributed by atoms with van der Waals surface area (Å²) in [5, 5.41) is 3.73. The molecule has 164 valence electrons. The van der Waals surface area contributed by atoms with Crippen molar-refractivity contribution in [1.82, 2.24) is 4.31 Å². The van der Waals surface area contributed by atoms with Crippen molar-refractivity contribution in [1.29, 1.82) is 0 Å². The Hall–Kier alpha value is -2.35.